The Labute approximate surface area is 151 Å². The third-order valence-corrected chi connectivity index (χ3v) is 4.12. The fourth-order valence-electron chi connectivity index (χ4n) is 2.56. The van der Waals surface area contributed by atoms with Gasteiger partial charge < -0.3 is 14.2 Å². The van der Waals surface area contributed by atoms with Crippen molar-refractivity contribution < 1.29 is 19.0 Å². The summed E-state index contributed by atoms with van der Waals surface area (Å²) in [5.74, 6) is 0.604. The van der Waals surface area contributed by atoms with Gasteiger partial charge in [0.15, 0.2) is 6.29 Å². The Morgan fingerprint density at radius 1 is 1.39 bits per heavy atom. The van der Waals surface area contributed by atoms with Gasteiger partial charge in [-0.05, 0) is 63.6 Å². The lowest BCUT2D eigenvalue weighted by molar-refractivity contribution is -0.140. The van der Waals surface area contributed by atoms with Crippen molar-refractivity contribution in [3.8, 4) is 5.75 Å². The molecule has 0 aromatic heterocycles. The third kappa shape index (κ3) is 6.14. The van der Waals surface area contributed by atoms with Crippen LogP contribution in [-0.2, 0) is 14.3 Å². The van der Waals surface area contributed by atoms with Crippen LogP contribution in [0.15, 0.2) is 33.9 Å². The topological polar surface area (TPSA) is 44.8 Å². The molecular weight excluding hydrogens is 407 g/mol. The summed E-state index contributed by atoms with van der Waals surface area (Å²) in [6.07, 6.45) is 5.46. The lowest BCUT2D eigenvalue weighted by Gasteiger charge is -2.23. The molecule has 126 valence electrons. The van der Waals surface area contributed by atoms with Crippen molar-refractivity contribution in [1.29, 1.82) is 0 Å². The van der Waals surface area contributed by atoms with E-state index in [-0.39, 0.29) is 18.2 Å². The first kappa shape index (κ1) is 18.3. The Morgan fingerprint density at radius 3 is 2.70 bits per heavy atom. The molecule has 5 heteroatoms. The molecule has 1 aliphatic heterocycles. The van der Waals surface area contributed by atoms with Crippen LogP contribution >= 0.6 is 22.6 Å². The standard InChI is InChI=1S/C18H23IO4/c1-13(19)11-15(12-17(20)21-2)14-6-8-16(9-7-14)23-18-5-3-4-10-22-18/h6-9,11,15,18H,3-5,10,12H2,1-2H3/b13-11+/t15-,18?/m0/s1. The molecule has 1 saturated heterocycles. The molecule has 1 fully saturated rings. The average Bonchev–Trinajstić information content (AvgIpc) is 2.55. The average molecular weight is 430 g/mol. The number of esters is 1. The minimum atomic E-state index is -0.208. The number of halogens is 1. The van der Waals surface area contributed by atoms with Crippen LogP contribution < -0.4 is 4.74 Å². The van der Waals surface area contributed by atoms with Crippen molar-refractivity contribution in [2.24, 2.45) is 0 Å². The van der Waals surface area contributed by atoms with Gasteiger partial charge in [0, 0.05) is 12.3 Å². The number of ether oxygens (including phenoxy) is 3. The third-order valence-electron chi connectivity index (χ3n) is 3.76. The molecule has 2 rings (SSSR count). The number of allylic oxidation sites excluding steroid dienone is 2. The number of carbonyl (C=O) groups is 1. The fourth-order valence-corrected chi connectivity index (χ4v) is 3.00. The highest BCUT2D eigenvalue weighted by Crippen LogP contribution is 2.27. The summed E-state index contributed by atoms with van der Waals surface area (Å²) >= 11 is 2.25. The maximum Gasteiger partial charge on any atom is 0.306 e. The van der Waals surface area contributed by atoms with E-state index in [1.807, 2.05) is 31.2 Å². The minimum absolute atomic E-state index is 0.0133. The summed E-state index contributed by atoms with van der Waals surface area (Å²) in [4.78, 5) is 11.6. The summed E-state index contributed by atoms with van der Waals surface area (Å²) < 4.78 is 17.4. The number of benzene rings is 1. The van der Waals surface area contributed by atoms with Crippen molar-refractivity contribution in [3.63, 3.8) is 0 Å². The molecule has 2 atom stereocenters. The van der Waals surface area contributed by atoms with E-state index in [1.54, 1.807) is 0 Å². The normalized spacial score (nSPS) is 20.0. The Kier molecular flexibility index (Phi) is 7.36. The number of rotatable bonds is 6. The van der Waals surface area contributed by atoms with E-state index >= 15 is 0 Å². The van der Waals surface area contributed by atoms with Crippen molar-refractivity contribution in [3.05, 3.63) is 39.5 Å². The van der Waals surface area contributed by atoms with E-state index in [0.717, 1.165) is 40.8 Å². The van der Waals surface area contributed by atoms with Gasteiger partial charge in [0.2, 0.25) is 0 Å². The monoisotopic (exact) mass is 430 g/mol. The molecular formula is C18H23IO4. The molecule has 4 nitrogen and oxygen atoms in total. The SMILES string of the molecule is COC(=O)C[C@H](/C=C(\C)I)c1ccc(OC2CCCCO2)cc1. The molecule has 0 saturated carbocycles. The molecule has 23 heavy (non-hydrogen) atoms. The van der Waals surface area contributed by atoms with Gasteiger partial charge in [0.25, 0.3) is 0 Å². The molecule has 0 spiro atoms. The molecule has 0 aliphatic carbocycles. The first-order valence-corrected chi connectivity index (χ1v) is 8.95. The van der Waals surface area contributed by atoms with E-state index < -0.39 is 0 Å². The van der Waals surface area contributed by atoms with Gasteiger partial charge in [-0.15, -0.1) is 0 Å². The molecule has 1 aliphatic rings. The summed E-state index contributed by atoms with van der Waals surface area (Å²) in [6.45, 7) is 2.78. The molecule has 1 heterocycles. The van der Waals surface area contributed by atoms with Crippen LogP contribution in [0.5, 0.6) is 5.75 Å². The minimum Gasteiger partial charge on any atom is -0.469 e. The molecule has 0 bridgehead atoms. The second-order valence-electron chi connectivity index (χ2n) is 5.62. The van der Waals surface area contributed by atoms with Gasteiger partial charge in [-0.3, -0.25) is 4.79 Å². The van der Waals surface area contributed by atoms with Gasteiger partial charge in [0.1, 0.15) is 5.75 Å². The highest BCUT2D eigenvalue weighted by atomic mass is 127. The molecule has 1 aromatic rings. The van der Waals surface area contributed by atoms with Crippen molar-refractivity contribution in [2.45, 2.75) is 44.8 Å². The van der Waals surface area contributed by atoms with E-state index in [2.05, 4.69) is 28.7 Å². The van der Waals surface area contributed by atoms with Gasteiger partial charge in [-0.25, -0.2) is 0 Å². The van der Waals surface area contributed by atoms with E-state index in [4.69, 9.17) is 14.2 Å². The maximum atomic E-state index is 11.6. The lowest BCUT2D eigenvalue weighted by Crippen LogP contribution is -2.24. The summed E-state index contributed by atoms with van der Waals surface area (Å²) in [5.41, 5.74) is 1.07. The first-order valence-electron chi connectivity index (χ1n) is 7.87. The van der Waals surface area contributed by atoms with Crippen LogP contribution in [0, 0.1) is 0 Å². The first-order chi connectivity index (χ1) is 11.1. The van der Waals surface area contributed by atoms with Crippen LogP contribution in [0.25, 0.3) is 0 Å². The summed E-state index contributed by atoms with van der Waals surface area (Å²) in [7, 11) is 1.42. The smallest absolute Gasteiger partial charge is 0.306 e. The Bertz CT molecular complexity index is 528. The maximum absolute atomic E-state index is 11.6. The number of hydrogen-bond acceptors (Lipinski definition) is 4. The molecule has 1 unspecified atom stereocenters. The predicted molar refractivity (Wildman–Crippen MR) is 97.8 cm³/mol. The second kappa shape index (κ2) is 9.27. The lowest BCUT2D eigenvalue weighted by atomic mass is 9.95. The van der Waals surface area contributed by atoms with Gasteiger partial charge in [-0.2, -0.15) is 0 Å². The quantitative estimate of drug-likeness (QED) is 0.490. The largest absolute Gasteiger partial charge is 0.469 e. The zero-order valence-electron chi connectivity index (χ0n) is 13.6. The highest BCUT2D eigenvalue weighted by Gasteiger charge is 2.17. The van der Waals surface area contributed by atoms with Gasteiger partial charge in [-0.1, -0.05) is 18.2 Å². The molecule has 1 aromatic carbocycles. The van der Waals surface area contributed by atoms with Crippen LogP contribution in [0.2, 0.25) is 0 Å². The van der Waals surface area contributed by atoms with Crippen LogP contribution in [0.3, 0.4) is 0 Å². The van der Waals surface area contributed by atoms with Gasteiger partial charge >= 0.3 is 5.97 Å². The van der Waals surface area contributed by atoms with E-state index in [0.29, 0.717) is 6.42 Å². The van der Waals surface area contributed by atoms with Crippen LogP contribution in [0.1, 0.15) is 44.1 Å². The molecule has 0 radical (unpaired) electrons. The van der Waals surface area contributed by atoms with Crippen molar-refractivity contribution >= 4 is 28.6 Å². The number of carbonyl (C=O) groups excluding carboxylic acids is 1. The van der Waals surface area contributed by atoms with Crippen LogP contribution in [-0.4, -0.2) is 26.0 Å². The number of hydrogen-bond donors (Lipinski definition) is 0. The Morgan fingerprint density at radius 2 is 2.13 bits per heavy atom. The van der Waals surface area contributed by atoms with Crippen LogP contribution in [0.4, 0.5) is 0 Å². The van der Waals surface area contributed by atoms with Gasteiger partial charge in [0.05, 0.1) is 20.1 Å². The molecule has 0 amide bonds. The highest BCUT2D eigenvalue weighted by molar-refractivity contribution is 14.1. The Hall–Kier alpha value is -1.08. The summed E-state index contributed by atoms with van der Waals surface area (Å²) in [6, 6.07) is 7.88. The number of methoxy groups -OCH3 is 1. The zero-order valence-corrected chi connectivity index (χ0v) is 15.7. The predicted octanol–water partition coefficient (Wildman–Crippen LogP) is 4.58. The Balaban J connectivity index is 2.05. The zero-order chi connectivity index (χ0) is 16.7. The summed E-state index contributed by atoms with van der Waals surface area (Å²) in [5, 5.41) is 0. The van der Waals surface area contributed by atoms with Crippen molar-refractivity contribution in [2.75, 3.05) is 13.7 Å². The van der Waals surface area contributed by atoms with E-state index in [9.17, 15) is 4.79 Å². The fraction of sp³-hybridized carbons (Fsp3) is 0.500. The molecule has 0 N–H and O–H groups in total. The van der Waals surface area contributed by atoms with Crippen molar-refractivity contribution in [1.82, 2.24) is 0 Å². The van der Waals surface area contributed by atoms with E-state index in [1.165, 1.54) is 7.11 Å². The second-order valence-corrected chi connectivity index (χ2v) is 7.32.